The van der Waals surface area contributed by atoms with Crippen LogP contribution in [0.2, 0.25) is 0 Å². The second kappa shape index (κ2) is 13.1. The number of amides is 3. The van der Waals surface area contributed by atoms with E-state index in [2.05, 4.69) is 29.1 Å². The van der Waals surface area contributed by atoms with Gasteiger partial charge in [-0.3, -0.25) is 14.4 Å². The molecular weight excluding hydrogens is 594 g/mol. The predicted octanol–water partition coefficient (Wildman–Crippen LogP) is 3.88. The molecule has 3 aliphatic heterocycles. The monoisotopic (exact) mass is 633 g/mol. The molecule has 1 N–H and O–H groups in total. The van der Waals surface area contributed by atoms with Crippen molar-refractivity contribution >= 4 is 51.1 Å². The first-order valence-electron chi connectivity index (χ1n) is 13.9. The molecule has 2 bridgehead atoms. The van der Waals surface area contributed by atoms with Crippen LogP contribution in [0.5, 0.6) is 5.75 Å². The van der Waals surface area contributed by atoms with Crippen LogP contribution in [0.1, 0.15) is 32.1 Å². The van der Waals surface area contributed by atoms with Crippen molar-refractivity contribution in [3.05, 3.63) is 49.6 Å². The number of fused-ring (bicyclic) bond motifs is 1. The first-order chi connectivity index (χ1) is 19.2. The summed E-state index contributed by atoms with van der Waals surface area (Å²) in [5, 5.41) is 9.08. The van der Waals surface area contributed by atoms with Crippen molar-refractivity contribution in [3.63, 3.8) is 0 Å². The van der Waals surface area contributed by atoms with Gasteiger partial charge >= 0.3 is 0 Å². The van der Waals surface area contributed by atoms with Gasteiger partial charge in [0.1, 0.15) is 11.8 Å². The molecule has 3 unspecified atom stereocenters. The van der Waals surface area contributed by atoms with Gasteiger partial charge in [0.15, 0.2) is 0 Å². The maximum absolute atomic E-state index is 14.6. The number of thioether (sulfide) groups is 1. The number of rotatable bonds is 14. The molecule has 6 atom stereocenters. The van der Waals surface area contributed by atoms with E-state index in [9.17, 15) is 19.5 Å². The fourth-order valence-corrected chi connectivity index (χ4v) is 10.2. The van der Waals surface area contributed by atoms with Gasteiger partial charge in [-0.1, -0.05) is 40.9 Å². The maximum Gasteiger partial charge on any atom is 0.251 e. The fraction of sp³-hybridized carbons (Fsp3) is 0.567. The highest BCUT2D eigenvalue weighted by Gasteiger charge is 2.75. The molecule has 218 valence electrons. The number of carbonyl (C=O) groups excluding carboxylic acids is 3. The second-order valence-corrected chi connectivity index (χ2v) is 13.5. The largest absolute Gasteiger partial charge is 0.497 e. The number of unbranched alkanes of at least 4 members (excludes halogenated alkanes) is 3. The van der Waals surface area contributed by atoms with E-state index in [4.69, 9.17) is 4.74 Å². The zero-order chi connectivity index (χ0) is 29.0. The summed E-state index contributed by atoms with van der Waals surface area (Å²) in [6.07, 6.45) is 7.15. The lowest BCUT2D eigenvalue weighted by atomic mass is 9.70. The minimum Gasteiger partial charge on any atom is -0.497 e. The topological polar surface area (TPSA) is 90.4 Å². The van der Waals surface area contributed by atoms with E-state index >= 15 is 0 Å². The highest BCUT2D eigenvalue weighted by molar-refractivity contribution is 9.09. The predicted molar refractivity (Wildman–Crippen MR) is 163 cm³/mol. The molecule has 3 saturated heterocycles. The third-order valence-corrected chi connectivity index (χ3v) is 11.6. The molecular formula is C30H40BrN3O5S. The minimum absolute atomic E-state index is 0.0151. The number of hydrogen-bond acceptors (Lipinski definition) is 6. The Morgan fingerprint density at radius 1 is 1.15 bits per heavy atom. The van der Waals surface area contributed by atoms with Crippen molar-refractivity contribution in [1.29, 1.82) is 0 Å². The smallest absolute Gasteiger partial charge is 0.251 e. The number of alkyl halides is 1. The Balaban J connectivity index is 1.73. The van der Waals surface area contributed by atoms with E-state index in [-0.39, 0.29) is 41.0 Å². The van der Waals surface area contributed by atoms with Crippen LogP contribution in [0.25, 0.3) is 0 Å². The van der Waals surface area contributed by atoms with Crippen LogP contribution >= 0.6 is 27.7 Å². The van der Waals surface area contributed by atoms with Crippen LogP contribution < -0.4 is 9.64 Å². The second-order valence-electron chi connectivity index (χ2n) is 10.8. The van der Waals surface area contributed by atoms with E-state index in [1.807, 2.05) is 24.3 Å². The lowest BCUT2D eigenvalue weighted by Crippen LogP contribution is -2.56. The van der Waals surface area contributed by atoms with Gasteiger partial charge in [0.25, 0.3) is 5.91 Å². The Morgan fingerprint density at radius 3 is 2.45 bits per heavy atom. The zero-order valence-electron chi connectivity index (χ0n) is 23.3. The number of aliphatic hydroxyl groups excluding tert-OH is 1. The average Bonchev–Trinajstić information content (AvgIpc) is 3.54. The van der Waals surface area contributed by atoms with Crippen LogP contribution in [0.4, 0.5) is 5.69 Å². The SMILES string of the molecule is C=CCN(C)C(=O)[C@H]1[C@@H]2SC3(CC2Br)C(C(=O)N(CC=C)c2ccc(OC)cc2)N(CCCCCCO)C(=O)[C@H]13. The number of halogens is 1. The molecule has 8 nitrogen and oxygen atoms in total. The van der Waals surface area contributed by atoms with Crippen molar-refractivity contribution < 1.29 is 24.2 Å². The molecule has 3 heterocycles. The molecule has 3 aliphatic rings. The zero-order valence-corrected chi connectivity index (χ0v) is 25.7. The molecule has 0 saturated carbocycles. The summed E-state index contributed by atoms with van der Waals surface area (Å²) in [4.78, 5) is 47.7. The van der Waals surface area contributed by atoms with E-state index < -0.39 is 22.6 Å². The number of nitrogens with zero attached hydrogens (tertiary/aromatic N) is 3. The summed E-state index contributed by atoms with van der Waals surface area (Å²) in [6.45, 7) is 8.91. The quantitative estimate of drug-likeness (QED) is 0.190. The molecule has 4 rings (SSSR count). The first-order valence-corrected chi connectivity index (χ1v) is 15.7. The number of benzene rings is 1. The third-order valence-electron chi connectivity index (χ3n) is 8.36. The van der Waals surface area contributed by atoms with E-state index in [1.165, 1.54) is 0 Å². The van der Waals surface area contributed by atoms with Gasteiger partial charge in [0.2, 0.25) is 11.8 Å². The molecule has 40 heavy (non-hydrogen) atoms. The van der Waals surface area contributed by atoms with E-state index in [0.29, 0.717) is 37.4 Å². The van der Waals surface area contributed by atoms with Crippen LogP contribution in [0.3, 0.4) is 0 Å². The average molecular weight is 635 g/mol. The lowest BCUT2D eigenvalue weighted by Gasteiger charge is -2.38. The highest BCUT2D eigenvalue weighted by atomic mass is 79.9. The van der Waals surface area contributed by atoms with Crippen molar-refractivity contribution in [2.45, 2.75) is 53.0 Å². The molecule has 10 heteroatoms. The van der Waals surface area contributed by atoms with Gasteiger partial charge in [0.05, 0.1) is 23.7 Å². The molecule has 3 fully saturated rings. The summed E-state index contributed by atoms with van der Waals surface area (Å²) in [7, 11) is 3.34. The number of likely N-dealkylation sites (N-methyl/N-ethyl adjacent to an activating group) is 1. The lowest BCUT2D eigenvalue weighted by molar-refractivity contribution is -0.143. The highest BCUT2D eigenvalue weighted by Crippen LogP contribution is 2.68. The van der Waals surface area contributed by atoms with Gasteiger partial charge in [-0.25, -0.2) is 0 Å². The Labute approximate surface area is 249 Å². The number of aliphatic hydroxyl groups is 1. The summed E-state index contributed by atoms with van der Waals surface area (Å²) in [5.74, 6) is -0.722. The molecule has 0 aliphatic carbocycles. The minimum atomic E-state index is -0.709. The first kappa shape index (κ1) is 30.7. The summed E-state index contributed by atoms with van der Waals surface area (Å²) >= 11 is 5.48. The van der Waals surface area contributed by atoms with Crippen LogP contribution in [0.15, 0.2) is 49.6 Å². The van der Waals surface area contributed by atoms with Gasteiger partial charge in [-0.2, -0.15) is 0 Å². The number of likely N-dealkylation sites (tertiary alicyclic amines) is 1. The molecule has 1 spiro atoms. The molecule has 1 aromatic carbocycles. The number of anilines is 1. The Kier molecular flexibility index (Phi) is 10.1. The third kappa shape index (κ3) is 5.46. The van der Waals surface area contributed by atoms with E-state index in [1.54, 1.807) is 52.8 Å². The number of ether oxygens (including phenoxy) is 1. The normalized spacial score (nSPS) is 28.4. The number of hydrogen-bond donors (Lipinski definition) is 1. The van der Waals surface area contributed by atoms with Crippen LogP contribution in [-0.2, 0) is 14.4 Å². The number of methoxy groups -OCH3 is 1. The summed E-state index contributed by atoms with van der Waals surface area (Å²) < 4.78 is 4.60. The maximum atomic E-state index is 14.6. The number of carbonyl (C=O) groups is 3. The molecule has 3 amide bonds. The standard InChI is InChI=1S/C30H40BrN3O5S/c1-5-15-32(3)27(36)23-24-28(37)34(17-9-7-8-10-18-35)26(30(24)19-22(31)25(23)40-30)29(38)33(16-6-2)20-11-13-21(39-4)14-12-20/h5-6,11-14,22-26,35H,1-2,7-10,15-19H2,3-4H3/t22?,23-,24+,25-,26?,30?/m1/s1. The van der Waals surface area contributed by atoms with E-state index in [0.717, 1.165) is 19.3 Å². The molecule has 0 radical (unpaired) electrons. The van der Waals surface area contributed by atoms with Crippen molar-refractivity contribution in [2.24, 2.45) is 11.8 Å². The van der Waals surface area contributed by atoms with Crippen LogP contribution in [0, 0.1) is 11.8 Å². The van der Waals surface area contributed by atoms with Gasteiger partial charge < -0.3 is 24.5 Å². The summed E-state index contributed by atoms with van der Waals surface area (Å²) in [6, 6.07) is 6.60. The fourth-order valence-electron chi connectivity index (χ4n) is 6.58. The van der Waals surface area contributed by atoms with Crippen LogP contribution in [-0.4, -0.2) is 93.9 Å². The summed E-state index contributed by atoms with van der Waals surface area (Å²) in [5.41, 5.74) is 0.701. The van der Waals surface area contributed by atoms with Gasteiger partial charge in [-0.15, -0.1) is 24.9 Å². The molecule has 0 aromatic heterocycles. The van der Waals surface area contributed by atoms with Crippen molar-refractivity contribution in [2.75, 3.05) is 45.3 Å². The Hall–Kier alpha value is -2.30. The Morgan fingerprint density at radius 2 is 1.82 bits per heavy atom. The Bertz CT molecular complexity index is 1120. The van der Waals surface area contributed by atoms with Crippen molar-refractivity contribution in [3.8, 4) is 5.75 Å². The van der Waals surface area contributed by atoms with Crippen molar-refractivity contribution in [1.82, 2.24) is 9.80 Å². The van der Waals surface area contributed by atoms with Gasteiger partial charge in [-0.05, 0) is 43.5 Å². The van der Waals surface area contributed by atoms with Gasteiger partial charge in [0, 0.05) is 49.1 Å². The molecule has 1 aromatic rings.